The van der Waals surface area contributed by atoms with Gasteiger partial charge in [-0.2, -0.15) is 0 Å². The zero-order valence-corrected chi connectivity index (χ0v) is 13.0. The summed E-state index contributed by atoms with van der Waals surface area (Å²) in [6, 6.07) is 6.32. The minimum absolute atomic E-state index is 0.295. The van der Waals surface area contributed by atoms with E-state index in [4.69, 9.17) is 4.74 Å². The number of ether oxygens (including phenoxy) is 1. The summed E-state index contributed by atoms with van der Waals surface area (Å²) in [5.41, 5.74) is 0.917. The highest BCUT2D eigenvalue weighted by molar-refractivity contribution is 5.96. The molecule has 6 heteroatoms. The number of carbonyl (C=O) groups is 3. The number of anilines is 1. The maximum atomic E-state index is 12.3. The van der Waals surface area contributed by atoms with E-state index < -0.39 is 23.8 Å². The van der Waals surface area contributed by atoms with Crippen molar-refractivity contribution in [2.45, 2.75) is 32.6 Å². The largest absolute Gasteiger partial charge is 0.550 e. The van der Waals surface area contributed by atoms with Crippen LogP contribution >= 0.6 is 0 Å². The summed E-state index contributed by atoms with van der Waals surface area (Å²) in [7, 11) is 0. The van der Waals surface area contributed by atoms with Crippen LogP contribution < -0.4 is 10.4 Å². The van der Waals surface area contributed by atoms with Gasteiger partial charge in [0, 0.05) is 23.5 Å². The predicted octanol–water partition coefficient (Wildman–Crippen LogP) is 1.36. The van der Waals surface area contributed by atoms with Crippen molar-refractivity contribution in [2.24, 2.45) is 11.8 Å². The average Bonchev–Trinajstić information content (AvgIpc) is 2.55. The minimum atomic E-state index is -1.16. The number of aliphatic carboxylic acids is 1. The molecule has 0 spiro atoms. The van der Waals surface area contributed by atoms with E-state index in [1.807, 2.05) is 0 Å². The summed E-state index contributed by atoms with van der Waals surface area (Å²) in [6.07, 6.45) is 2.66. The molecule has 1 amide bonds. The van der Waals surface area contributed by atoms with Gasteiger partial charge >= 0.3 is 5.97 Å². The minimum Gasteiger partial charge on any atom is -0.550 e. The molecule has 1 aromatic rings. The molecule has 23 heavy (non-hydrogen) atoms. The van der Waals surface area contributed by atoms with Gasteiger partial charge in [-0.25, -0.2) is 4.79 Å². The first kappa shape index (κ1) is 17.0. The van der Waals surface area contributed by atoms with Crippen molar-refractivity contribution < 1.29 is 24.2 Å². The lowest BCUT2D eigenvalue weighted by atomic mass is 9.78. The van der Waals surface area contributed by atoms with Gasteiger partial charge in [0.2, 0.25) is 5.91 Å². The lowest BCUT2D eigenvalue weighted by molar-refractivity contribution is -0.313. The number of carboxylic acid groups (broad SMARTS) is 1. The van der Waals surface area contributed by atoms with Crippen LogP contribution in [0.1, 0.15) is 43.0 Å². The quantitative estimate of drug-likeness (QED) is 0.827. The van der Waals surface area contributed by atoms with E-state index in [9.17, 15) is 19.5 Å². The summed E-state index contributed by atoms with van der Waals surface area (Å²) in [5.74, 6) is -3.21. The summed E-state index contributed by atoms with van der Waals surface area (Å²) >= 11 is 0. The first-order valence-corrected chi connectivity index (χ1v) is 7.81. The lowest BCUT2D eigenvalue weighted by Gasteiger charge is -2.31. The van der Waals surface area contributed by atoms with Gasteiger partial charge < -0.3 is 20.0 Å². The molecule has 0 heterocycles. The smallest absolute Gasteiger partial charge is 0.338 e. The Labute approximate surface area is 134 Å². The molecule has 1 aliphatic rings. The first-order chi connectivity index (χ1) is 11.0. The number of hydrogen-bond acceptors (Lipinski definition) is 5. The summed E-state index contributed by atoms with van der Waals surface area (Å²) < 4.78 is 4.89. The molecular formula is C17H20NO5-. The lowest BCUT2D eigenvalue weighted by Crippen LogP contribution is -2.42. The second-order valence-electron chi connectivity index (χ2n) is 5.60. The molecule has 124 valence electrons. The molecular weight excluding hydrogens is 298 g/mol. The number of esters is 1. The monoisotopic (exact) mass is 318 g/mol. The molecule has 1 saturated carbocycles. The van der Waals surface area contributed by atoms with Crippen molar-refractivity contribution >= 4 is 23.5 Å². The standard InChI is InChI=1S/C17H21NO5/c1-2-23-17(22)11-7-9-12(10-8-11)18-15(19)13-5-3-4-6-14(13)16(20)21/h7-10,13-14H,2-6H2,1H3,(H,18,19)(H,20,21)/p-1/t13-,14-/m0/s1. The van der Waals surface area contributed by atoms with Crippen molar-refractivity contribution in [3.63, 3.8) is 0 Å². The second kappa shape index (κ2) is 7.76. The SMILES string of the molecule is CCOC(=O)c1ccc(NC(=O)[C@H]2CCCC[C@@H]2C(=O)[O-])cc1. The maximum Gasteiger partial charge on any atom is 0.338 e. The third kappa shape index (κ3) is 4.31. The fourth-order valence-corrected chi connectivity index (χ4v) is 2.87. The molecule has 1 fully saturated rings. The Kier molecular flexibility index (Phi) is 5.73. The molecule has 1 aromatic carbocycles. The number of carboxylic acids is 1. The van der Waals surface area contributed by atoms with Crippen LogP contribution in [0.4, 0.5) is 5.69 Å². The molecule has 0 unspecified atom stereocenters. The fourth-order valence-electron chi connectivity index (χ4n) is 2.87. The van der Waals surface area contributed by atoms with Gasteiger partial charge in [0.25, 0.3) is 0 Å². The molecule has 2 rings (SSSR count). The Balaban J connectivity index is 2.02. The highest BCUT2D eigenvalue weighted by Crippen LogP contribution is 2.30. The molecule has 0 bridgehead atoms. The molecule has 2 atom stereocenters. The summed E-state index contributed by atoms with van der Waals surface area (Å²) in [5, 5.41) is 13.9. The van der Waals surface area contributed by atoms with Crippen LogP contribution in [0, 0.1) is 11.8 Å². The Hall–Kier alpha value is -2.37. The van der Waals surface area contributed by atoms with E-state index >= 15 is 0 Å². The number of nitrogens with one attached hydrogen (secondary N) is 1. The topological polar surface area (TPSA) is 95.5 Å². The van der Waals surface area contributed by atoms with Gasteiger partial charge in [-0.05, 0) is 44.0 Å². The summed E-state index contributed by atoms with van der Waals surface area (Å²) in [6.45, 7) is 2.02. The van der Waals surface area contributed by atoms with Crippen molar-refractivity contribution in [2.75, 3.05) is 11.9 Å². The van der Waals surface area contributed by atoms with Crippen LogP contribution in [0.2, 0.25) is 0 Å². The van der Waals surface area contributed by atoms with Gasteiger partial charge in [-0.1, -0.05) is 12.8 Å². The number of benzene rings is 1. The number of rotatable bonds is 5. The Morgan fingerprint density at radius 2 is 1.74 bits per heavy atom. The van der Waals surface area contributed by atoms with Gasteiger partial charge in [0.05, 0.1) is 12.2 Å². The average molecular weight is 318 g/mol. The first-order valence-electron chi connectivity index (χ1n) is 7.81. The zero-order valence-electron chi connectivity index (χ0n) is 13.0. The number of carbonyl (C=O) groups excluding carboxylic acids is 3. The molecule has 0 saturated heterocycles. The Morgan fingerprint density at radius 1 is 1.13 bits per heavy atom. The highest BCUT2D eigenvalue weighted by atomic mass is 16.5. The molecule has 0 radical (unpaired) electrons. The normalized spacial score (nSPS) is 20.6. The van der Waals surface area contributed by atoms with Crippen LogP contribution in [0.5, 0.6) is 0 Å². The van der Waals surface area contributed by atoms with Gasteiger partial charge in [0.15, 0.2) is 0 Å². The van der Waals surface area contributed by atoms with E-state index in [2.05, 4.69) is 5.32 Å². The highest BCUT2D eigenvalue weighted by Gasteiger charge is 2.31. The molecule has 1 N–H and O–H groups in total. The van der Waals surface area contributed by atoms with Crippen molar-refractivity contribution in [1.29, 1.82) is 0 Å². The molecule has 0 aromatic heterocycles. The van der Waals surface area contributed by atoms with Gasteiger partial charge in [-0.15, -0.1) is 0 Å². The van der Waals surface area contributed by atoms with Crippen LogP contribution in [0.25, 0.3) is 0 Å². The fraction of sp³-hybridized carbons (Fsp3) is 0.471. The van der Waals surface area contributed by atoms with Crippen molar-refractivity contribution in [3.05, 3.63) is 29.8 Å². The van der Waals surface area contributed by atoms with Crippen LogP contribution in [0.3, 0.4) is 0 Å². The van der Waals surface area contributed by atoms with E-state index in [0.717, 1.165) is 12.8 Å². The van der Waals surface area contributed by atoms with Crippen LogP contribution in [0.15, 0.2) is 24.3 Å². The Morgan fingerprint density at radius 3 is 2.30 bits per heavy atom. The second-order valence-corrected chi connectivity index (χ2v) is 5.60. The van der Waals surface area contributed by atoms with Crippen LogP contribution in [-0.2, 0) is 14.3 Å². The van der Waals surface area contributed by atoms with Crippen molar-refractivity contribution in [1.82, 2.24) is 0 Å². The van der Waals surface area contributed by atoms with E-state index in [0.29, 0.717) is 30.7 Å². The Bertz CT molecular complexity index is 581. The van der Waals surface area contributed by atoms with E-state index in [-0.39, 0.29) is 5.91 Å². The number of amides is 1. The summed E-state index contributed by atoms with van der Waals surface area (Å²) in [4.78, 5) is 35.0. The van der Waals surface area contributed by atoms with E-state index in [1.54, 1.807) is 31.2 Å². The van der Waals surface area contributed by atoms with E-state index in [1.165, 1.54) is 0 Å². The predicted molar refractivity (Wildman–Crippen MR) is 81.5 cm³/mol. The maximum absolute atomic E-state index is 12.3. The van der Waals surface area contributed by atoms with Gasteiger partial charge in [-0.3, -0.25) is 4.79 Å². The molecule has 6 nitrogen and oxygen atoms in total. The van der Waals surface area contributed by atoms with Gasteiger partial charge in [0.1, 0.15) is 0 Å². The van der Waals surface area contributed by atoms with Crippen LogP contribution in [-0.4, -0.2) is 24.5 Å². The molecule has 1 aliphatic carbocycles. The third-order valence-corrected chi connectivity index (χ3v) is 4.07. The third-order valence-electron chi connectivity index (χ3n) is 4.07. The zero-order chi connectivity index (χ0) is 16.8. The molecule has 0 aliphatic heterocycles. The number of hydrogen-bond donors (Lipinski definition) is 1. The van der Waals surface area contributed by atoms with Crippen molar-refractivity contribution in [3.8, 4) is 0 Å².